The smallest absolute Gasteiger partial charge is 0.260 e. The Hall–Kier alpha value is -2.40. The van der Waals surface area contributed by atoms with Gasteiger partial charge >= 0.3 is 0 Å². The molecule has 0 spiro atoms. The number of nitrogens with one attached hydrogen (secondary N) is 2. The average Bonchev–Trinajstić information content (AvgIpc) is 3.01. The fraction of sp³-hybridized carbons (Fsp3) is 0.125. The number of aliphatic imine (C=N–C) groups is 1. The summed E-state index contributed by atoms with van der Waals surface area (Å²) in [7, 11) is 0. The van der Waals surface area contributed by atoms with Gasteiger partial charge in [-0.2, -0.15) is 0 Å². The van der Waals surface area contributed by atoms with Crippen molar-refractivity contribution in [1.82, 2.24) is 5.32 Å². The van der Waals surface area contributed by atoms with E-state index in [1.807, 2.05) is 12.1 Å². The molecule has 2 aromatic rings. The van der Waals surface area contributed by atoms with Crippen LogP contribution in [0.5, 0.6) is 0 Å². The lowest BCUT2D eigenvalue weighted by Crippen LogP contribution is -2.22. The number of carbonyl (C=O) groups excluding carboxylic acids is 1. The van der Waals surface area contributed by atoms with Gasteiger partial charge in [0.05, 0.1) is 22.8 Å². The van der Waals surface area contributed by atoms with Crippen LogP contribution in [0.15, 0.2) is 47.5 Å². The molecule has 2 N–H and O–H groups in total. The fourth-order valence-corrected chi connectivity index (χ4v) is 2.53. The van der Waals surface area contributed by atoms with E-state index in [1.54, 1.807) is 12.1 Å². The van der Waals surface area contributed by atoms with Gasteiger partial charge in [-0.1, -0.05) is 29.8 Å². The van der Waals surface area contributed by atoms with Gasteiger partial charge in [0.2, 0.25) is 0 Å². The summed E-state index contributed by atoms with van der Waals surface area (Å²) < 4.78 is 13.8. The second kappa shape index (κ2) is 6.15. The molecule has 0 radical (unpaired) electrons. The molecule has 112 valence electrons. The third-order valence-electron chi connectivity index (χ3n) is 3.29. The summed E-state index contributed by atoms with van der Waals surface area (Å²) in [5.41, 5.74) is 1.15. The van der Waals surface area contributed by atoms with Crippen LogP contribution in [0.3, 0.4) is 0 Å². The van der Waals surface area contributed by atoms with Crippen molar-refractivity contribution >= 4 is 29.0 Å². The van der Waals surface area contributed by atoms with Gasteiger partial charge in [-0.25, -0.2) is 4.39 Å². The molecule has 0 saturated carbocycles. The first-order valence-electron chi connectivity index (χ1n) is 6.80. The lowest BCUT2D eigenvalue weighted by Gasteiger charge is -2.12. The van der Waals surface area contributed by atoms with Gasteiger partial charge in [-0.3, -0.25) is 9.79 Å². The number of nitrogens with zero attached hydrogens (tertiary/aromatic N) is 1. The second-order valence-corrected chi connectivity index (χ2v) is 5.16. The largest absolute Gasteiger partial charge is 0.368 e. The molecule has 0 saturated heterocycles. The summed E-state index contributed by atoms with van der Waals surface area (Å²) in [6.45, 7) is 1.45. The zero-order valence-electron chi connectivity index (χ0n) is 11.6. The van der Waals surface area contributed by atoms with Crippen LogP contribution in [-0.2, 0) is 0 Å². The number of carbonyl (C=O) groups is 1. The molecule has 2 aromatic carbocycles. The third-order valence-corrected chi connectivity index (χ3v) is 3.61. The molecule has 1 heterocycles. The number of hydrogen-bond acceptors (Lipinski definition) is 3. The number of hydrogen-bond donors (Lipinski definition) is 2. The average molecular weight is 318 g/mol. The molecular formula is C16H13ClFN3O. The second-order valence-electron chi connectivity index (χ2n) is 4.75. The van der Waals surface area contributed by atoms with Crippen molar-refractivity contribution in [3.8, 4) is 0 Å². The van der Waals surface area contributed by atoms with Gasteiger partial charge in [-0.15, -0.1) is 0 Å². The molecule has 0 aliphatic carbocycles. The number of rotatable bonds is 3. The minimum atomic E-state index is -0.654. The summed E-state index contributed by atoms with van der Waals surface area (Å²) >= 11 is 5.92. The summed E-state index contributed by atoms with van der Waals surface area (Å²) in [5, 5.41) is 5.92. The van der Waals surface area contributed by atoms with Crippen molar-refractivity contribution in [2.75, 3.05) is 18.4 Å². The van der Waals surface area contributed by atoms with Crippen molar-refractivity contribution in [2.45, 2.75) is 0 Å². The Bertz CT molecular complexity index is 741. The maximum atomic E-state index is 13.8. The van der Waals surface area contributed by atoms with E-state index in [4.69, 9.17) is 11.6 Å². The zero-order valence-corrected chi connectivity index (χ0v) is 12.3. The van der Waals surface area contributed by atoms with Gasteiger partial charge in [-0.05, 0) is 24.3 Å². The van der Waals surface area contributed by atoms with Gasteiger partial charge in [0.1, 0.15) is 11.7 Å². The molecule has 0 aromatic heterocycles. The Labute approximate surface area is 132 Å². The van der Waals surface area contributed by atoms with Crippen molar-refractivity contribution in [2.24, 2.45) is 4.99 Å². The molecule has 6 heteroatoms. The van der Waals surface area contributed by atoms with E-state index in [2.05, 4.69) is 15.6 Å². The maximum absolute atomic E-state index is 13.8. The summed E-state index contributed by atoms with van der Waals surface area (Å²) in [6, 6.07) is 11.4. The van der Waals surface area contributed by atoms with Gasteiger partial charge in [0.15, 0.2) is 0 Å². The minimum absolute atomic E-state index is 0.0753. The first-order valence-corrected chi connectivity index (χ1v) is 7.17. The summed E-state index contributed by atoms with van der Waals surface area (Å²) in [4.78, 5) is 16.7. The third kappa shape index (κ3) is 2.80. The fourth-order valence-electron chi connectivity index (χ4n) is 2.28. The first kappa shape index (κ1) is 14.5. The minimum Gasteiger partial charge on any atom is -0.368 e. The van der Waals surface area contributed by atoms with E-state index in [0.29, 0.717) is 12.2 Å². The van der Waals surface area contributed by atoms with E-state index < -0.39 is 11.7 Å². The number of benzene rings is 2. The normalized spacial score (nSPS) is 13.5. The van der Waals surface area contributed by atoms with Crippen LogP contribution < -0.4 is 10.6 Å². The van der Waals surface area contributed by atoms with Crippen LogP contribution in [0, 0.1) is 5.82 Å². The topological polar surface area (TPSA) is 53.5 Å². The lowest BCUT2D eigenvalue weighted by molar-refractivity contribution is 0.102. The van der Waals surface area contributed by atoms with Crippen molar-refractivity contribution in [3.63, 3.8) is 0 Å². The SMILES string of the molecule is O=C(Nc1ccccc1C1=NCCN1)c1c(F)cccc1Cl. The van der Waals surface area contributed by atoms with Crippen LogP contribution in [0.2, 0.25) is 5.02 Å². The van der Waals surface area contributed by atoms with Gasteiger partial charge < -0.3 is 10.6 Å². The number of halogens is 2. The molecular weight excluding hydrogens is 305 g/mol. The van der Waals surface area contributed by atoms with Crippen LogP contribution in [-0.4, -0.2) is 24.8 Å². The summed E-state index contributed by atoms with van der Waals surface area (Å²) in [6.07, 6.45) is 0. The molecule has 4 nitrogen and oxygen atoms in total. The highest BCUT2D eigenvalue weighted by Crippen LogP contribution is 2.22. The predicted octanol–water partition coefficient (Wildman–Crippen LogP) is 3.08. The standard InChI is InChI=1S/C16H13ClFN3O/c17-11-5-3-6-12(18)14(11)16(22)21-13-7-2-1-4-10(13)15-19-8-9-20-15/h1-7H,8-9H2,(H,19,20)(H,21,22). The van der Waals surface area contributed by atoms with E-state index in [0.717, 1.165) is 17.9 Å². The van der Waals surface area contributed by atoms with Crippen LogP contribution >= 0.6 is 11.6 Å². The first-order chi connectivity index (χ1) is 10.7. The van der Waals surface area contributed by atoms with E-state index in [9.17, 15) is 9.18 Å². The van der Waals surface area contributed by atoms with E-state index in [1.165, 1.54) is 18.2 Å². The molecule has 1 amide bonds. The Morgan fingerprint density at radius 3 is 2.77 bits per heavy atom. The van der Waals surface area contributed by atoms with Crippen LogP contribution in [0.1, 0.15) is 15.9 Å². The Morgan fingerprint density at radius 1 is 1.23 bits per heavy atom. The van der Waals surface area contributed by atoms with Crippen molar-refractivity contribution < 1.29 is 9.18 Å². The molecule has 0 bridgehead atoms. The Balaban J connectivity index is 1.92. The Kier molecular flexibility index (Phi) is 4.06. The molecule has 3 rings (SSSR count). The zero-order chi connectivity index (χ0) is 15.5. The maximum Gasteiger partial charge on any atom is 0.260 e. The number of anilines is 1. The van der Waals surface area contributed by atoms with Gasteiger partial charge in [0, 0.05) is 12.1 Å². The number of amides is 1. The molecule has 22 heavy (non-hydrogen) atoms. The monoisotopic (exact) mass is 317 g/mol. The quantitative estimate of drug-likeness (QED) is 0.914. The van der Waals surface area contributed by atoms with Gasteiger partial charge in [0.25, 0.3) is 5.91 Å². The number of para-hydroxylation sites is 1. The van der Waals surface area contributed by atoms with E-state index >= 15 is 0 Å². The summed E-state index contributed by atoms with van der Waals surface area (Å²) in [5.74, 6) is -0.525. The highest BCUT2D eigenvalue weighted by atomic mass is 35.5. The predicted molar refractivity (Wildman–Crippen MR) is 85.2 cm³/mol. The van der Waals surface area contributed by atoms with E-state index in [-0.39, 0.29) is 10.6 Å². The molecule has 0 fully saturated rings. The lowest BCUT2D eigenvalue weighted by atomic mass is 10.1. The molecule has 1 aliphatic heterocycles. The Morgan fingerprint density at radius 2 is 2.05 bits per heavy atom. The molecule has 0 atom stereocenters. The van der Waals surface area contributed by atoms with Crippen molar-refractivity contribution in [1.29, 1.82) is 0 Å². The van der Waals surface area contributed by atoms with Crippen molar-refractivity contribution in [3.05, 3.63) is 64.4 Å². The molecule has 0 unspecified atom stereocenters. The highest BCUT2D eigenvalue weighted by molar-refractivity contribution is 6.34. The number of amidine groups is 1. The highest BCUT2D eigenvalue weighted by Gasteiger charge is 2.18. The van der Waals surface area contributed by atoms with Crippen LogP contribution in [0.25, 0.3) is 0 Å². The molecule has 1 aliphatic rings. The van der Waals surface area contributed by atoms with Crippen LogP contribution in [0.4, 0.5) is 10.1 Å².